The Morgan fingerprint density at radius 3 is 1.27 bits per heavy atom. The molecule has 1 aliphatic rings. The molecule has 328 valence electrons. The lowest BCUT2D eigenvalue weighted by molar-refractivity contribution is 0.668. The zero-order chi connectivity index (χ0) is 46.2. The largest absolute Gasteiger partial charge is 0.456 e. The first-order valence-electron chi connectivity index (χ1n) is 24.0. The highest BCUT2D eigenvalue weighted by molar-refractivity contribution is 6.08. The van der Waals surface area contributed by atoms with Gasteiger partial charge in [0.05, 0.1) is 5.41 Å². The van der Waals surface area contributed by atoms with E-state index >= 15 is 0 Å². The molecule has 0 unspecified atom stereocenters. The minimum Gasteiger partial charge on any atom is -0.456 e. The molecule has 2 heterocycles. The lowest BCUT2D eigenvalue weighted by Crippen LogP contribution is -2.28. The van der Waals surface area contributed by atoms with Gasteiger partial charge in [-0.1, -0.05) is 170 Å². The Morgan fingerprint density at radius 2 is 0.686 bits per heavy atom. The smallest absolute Gasteiger partial charge is 0.135 e. The fraction of sp³-hybridized carbons (Fsp3) is 0.0149. The maximum absolute atomic E-state index is 6.27. The van der Waals surface area contributed by atoms with E-state index in [1.807, 2.05) is 24.3 Å². The molecule has 0 bridgehead atoms. The SMILES string of the molecule is c1ccc(N(c2ccc(-c3cc(-c4ccc5oc6ccccc6c5c4)cc(-c4ccc5oc6ccccc6c5c4)c3)cc2)c2ccc3c(c2)C(c2ccccc2)(c2ccccc2)c2ccccc2-3)cc1. The predicted molar refractivity (Wildman–Crippen MR) is 289 cm³/mol. The Balaban J connectivity index is 0.919. The molecule has 0 saturated heterocycles. The number of nitrogens with zero attached hydrogens (tertiary/aromatic N) is 1. The van der Waals surface area contributed by atoms with Crippen LogP contribution < -0.4 is 4.90 Å². The molecule has 3 heteroatoms. The topological polar surface area (TPSA) is 29.5 Å². The van der Waals surface area contributed by atoms with E-state index in [1.165, 1.54) is 33.4 Å². The summed E-state index contributed by atoms with van der Waals surface area (Å²) in [5.41, 5.74) is 20.7. The molecule has 11 aromatic carbocycles. The molecule has 0 spiro atoms. The van der Waals surface area contributed by atoms with Crippen molar-refractivity contribution in [1.29, 1.82) is 0 Å². The molecule has 0 N–H and O–H groups in total. The summed E-state index contributed by atoms with van der Waals surface area (Å²) in [6.45, 7) is 0. The van der Waals surface area contributed by atoms with E-state index in [9.17, 15) is 0 Å². The summed E-state index contributed by atoms with van der Waals surface area (Å²) in [5, 5.41) is 4.45. The van der Waals surface area contributed by atoms with Gasteiger partial charge in [-0.15, -0.1) is 0 Å². The van der Waals surface area contributed by atoms with Gasteiger partial charge in [-0.3, -0.25) is 0 Å². The Hall–Kier alpha value is -9.18. The molecule has 0 radical (unpaired) electrons. The van der Waals surface area contributed by atoms with Crippen LogP contribution in [0.2, 0.25) is 0 Å². The number of hydrogen-bond acceptors (Lipinski definition) is 3. The number of fused-ring (bicyclic) bond motifs is 9. The highest BCUT2D eigenvalue weighted by Crippen LogP contribution is 2.57. The number of rotatable bonds is 8. The van der Waals surface area contributed by atoms with E-state index in [0.29, 0.717) is 0 Å². The Labute approximate surface area is 405 Å². The quantitative estimate of drug-likeness (QED) is 0.152. The van der Waals surface area contributed by atoms with Gasteiger partial charge in [0.1, 0.15) is 22.3 Å². The monoisotopic (exact) mass is 893 g/mol. The fourth-order valence-electron chi connectivity index (χ4n) is 11.3. The lowest BCUT2D eigenvalue weighted by atomic mass is 9.67. The van der Waals surface area contributed by atoms with Crippen molar-refractivity contribution in [3.63, 3.8) is 0 Å². The third-order valence-corrected chi connectivity index (χ3v) is 14.5. The minimum absolute atomic E-state index is 0.510. The Morgan fingerprint density at radius 1 is 0.257 bits per heavy atom. The van der Waals surface area contributed by atoms with Crippen LogP contribution in [0, 0.1) is 0 Å². The van der Waals surface area contributed by atoms with Gasteiger partial charge in [-0.25, -0.2) is 0 Å². The molecule has 1 aliphatic carbocycles. The molecule has 3 nitrogen and oxygen atoms in total. The molecule has 0 fully saturated rings. The van der Waals surface area contributed by atoms with Crippen molar-refractivity contribution in [2.75, 3.05) is 4.90 Å². The molecule has 0 atom stereocenters. The highest BCUT2D eigenvalue weighted by atomic mass is 16.3. The van der Waals surface area contributed by atoms with Gasteiger partial charge in [0, 0.05) is 38.6 Å². The second kappa shape index (κ2) is 16.0. The number of benzene rings is 11. The van der Waals surface area contributed by atoms with E-state index in [2.05, 4.69) is 241 Å². The van der Waals surface area contributed by atoms with Crippen molar-refractivity contribution in [1.82, 2.24) is 0 Å². The average Bonchev–Trinajstić information content (AvgIpc) is 4.10. The minimum atomic E-state index is -0.510. The van der Waals surface area contributed by atoms with E-state index < -0.39 is 5.41 Å². The maximum Gasteiger partial charge on any atom is 0.135 e. The Kier molecular flexibility index (Phi) is 9.11. The molecular formula is C67H43NO2. The highest BCUT2D eigenvalue weighted by Gasteiger charge is 2.46. The summed E-state index contributed by atoms with van der Waals surface area (Å²) in [6, 6.07) is 94.5. The van der Waals surface area contributed by atoms with Crippen molar-refractivity contribution in [2.45, 2.75) is 5.41 Å². The van der Waals surface area contributed by atoms with Crippen LogP contribution in [0.15, 0.2) is 270 Å². The third-order valence-electron chi connectivity index (χ3n) is 14.5. The summed E-state index contributed by atoms with van der Waals surface area (Å²) in [6.07, 6.45) is 0. The molecular weight excluding hydrogens is 851 g/mol. The van der Waals surface area contributed by atoms with Gasteiger partial charge in [0.25, 0.3) is 0 Å². The number of hydrogen-bond donors (Lipinski definition) is 0. The average molecular weight is 894 g/mol. The van der Waals surface area contributed by atoms with Crippen LogP contribution in [0.25, 0.3) is 88.4 Å². The van der Waals surface area contributed by atoms with Crippen LogP contribution in [-0.2, 0) is 5.41 Å². The first-order chi connectivity index (χ1) is 34.7. The summed E-state index contributed by atoms with van der Waals surface area (Å²) < 4.78 is 12.5. The molecule has 13 aromatic rings. The number of anilines is 3. The standard InChI is InChI=1S/C67H43NO2/c1-4-16-50(17-5-1)67(51-18-6-2-7-19-51)61-25-13-10-22-55(61)56-35-34-54(43-62(56)67)68(52-20-8-3-9-21-52)53-32-28-44(29-33-53)47-38-48(45-30-36-65-59(41-45)57-23-11-14-26-63(57)69-65)40-49(39-47)46-31-37-66-60(42-46)58-24-12-15-27-64(58)70-66/h1-43H. The van der Waals surface area contributed by atoms with Crippen molar-refractivity contribution < 1.29 is 8.83 Å². The van der Waals surface area contributed by atoms with E-state index in [0.717, 1.165) is 94.3 Å². The number of furan rings is 2. The summed E-state index contributed by atoms with van der Waals surface area (Å²) in [5.74, 6) is 0. The van der Waals surface area contributed by atoms with Gasteiger partial charge in [-0.05, 0) is 158 Å². The van der Waals surface area contributed by atoms with Gasteiger partial charge in [0.2, 0.25) is 0 Å². The molecule has 70 heavy (non-hydrogen) atoms. The zero-order valence-corrected chi connectivity index (χ0v) is 38.1. The predicted octanol–water partition coefficient (Wildman–Crippen LogP) is 18.3. The second-order valence-electron chi connectivity index (χ2n) is 18.4. The third kappa shape index (κ3) is 6.29. The maximum atomic E-state index is 6.27. The van der Waals surface area contributed by atoms with Crippen LogP contribution >= 0.6 is 0 Å². The molecule has 14 rings (SSSR count). The van der Waals surface area contributed by atoms with Crippen LogP contribution in [0.3, 0.4) is 0 Å². The first-order valence-corrected chi connectivity index (χ1v) is 24.0. The molecule has 0 saturated carbocycles. The van der Waals surface area contributed by atoms with Crippen LogP contribution in [0.1, 0.15) is 22.3 Å². The van der Waals surface area contributed by atoms with Crippen molar-refractivity contribution in [3.8, 4) is 44.5 Å². The van der Waals surface area contributed by atoms with Gasteiger partial charge < -0.3 is 13.7 Å². The van der Waals surface area contributed by atoms with Gasteiger partial charge in [-0.2, -0.15) is 0 Å². The summed E-state index contributed by atoms with van der Waals surface area (Å²) in [7, 11) is 0. The number of para-hydroxylation sites is 3. The van der Waals surface area contributed by atoms with Crippen LogP contribution in [0.5, 0.6) is 0 Å². The van der Waals surface area contributed by atoms with Crippen LogP contribution in [-0.4, -0.2) is 0 Å². The van der Waals surface area contributed by atoms with Gasteiger partial charge >= 0.3 is 0 Å². The van der Waals surface area contributed by atoms with E-state index in [4.69, 9.17) is 8.83 Å². The molecule has 0 amide bonds. The van der Waals surface area contributed by atoms with E-state index in [1.54, 1.807) is 0 Å². The normalized spacial score (nSPS) is 12.7. The zero-order valence-electron chi connectivity index (χ0n) is 38.1. The molecule has 2 aromatic heterocycles. The lowest BCUT2D eigenvalue weighted by Gasteiger charge is -2.35. The second-order valence-corrected chi connectivity index (χ2v) is 18.4. The molecule has 0 aliphatic heterocycles. The van der Waals surface area contributed by atoms with Crippen molar-refractivity contribution in [2.24, 2.45) is 0 Å². The Bertz CT molecular complexity index is 3940. The van der Waals surface area contributed by atoms with Crippen molar-refractivity contribution >= 4 is 60.9 Å². The first kappa shape index (κ1) is 39.9. The van der Waals surface area contributed by atoms with Crippen LogP contribution in [0.4, 0.5) is 17.1 Å². The van der Waals surface area contributed by atoms with Crippen molar-refractivity contribution in [3.05, 3.63) is 283 Å². The summed E-state index contributed by atoms with van der Waals surface area (Å²) in [4.78, 5) is 2.39. The fourth-order valence-corrected chi connectivity index (χ4v) is 11.3. The van der Waals surface area contributed by atoms with E-state index in [-0.39, 0.29) is 0 Å². The summed E-state index contributed by atoms with van der Waals surface area (Å²) >= 11 is 0. The van der Waals surface area contributed by atoms with Gasteiger partial charge in [0.15, 0.2) is 0 Å².